The molecule has 18 heavy (non-hydrogen) atoms. The van der Waals surface area contributed by atoms with E-state index in [0.717, 1.165) is 0 Å². The minimum atomic E-state index is -1.88. The van der Waals surface area contributed by atoms with Crippen LogP contribution in [0.5, 0.6) is 0 Å². The van der Waals surface area contributed by atoms with Crippen molar-refractivity contribution in [1.82, 2.24) is 0 Å². The second kappa shape index (κ2) is 5.55. The maximum absolute atomic E-state index is 6.20. The van der Waals surface area contributed by atoms with Crippen LogP contribution in [0.2, 0.25) is 0 Å². The SMILES string of the molecule is Cc1ccccc1[SiH](OC(C)(C)C)OC(C)(C)C. The van der Waals surface area contributed by atoms with Gasteiger partial charge in [0.1, 0.15) is 0 Å². The molecular weight excluding hydrogens is 240 g/mol. The number of rotatable bonds is 3. The molecule has 1 rings (SSSR count). The molecule has 0 unspecified atom stereocenters. The van der Waals surface area contributed by atoms with Crippen LogP contribution in [0.1, 0.15) is 47.1 Å². The van der Waals surface area contributed by atoms with E-state index in [1.165, 1.54) is 10.8 Å². The highest BCUT2D eigenvalue weighted by molar-refractivity contribution is 6.62. The first-order chi connectivity index (χ1) is 8.08. The Morgan fingerprint density at radius 1 is 0.833 bits per heavy atom. The highest BCUT2D eigenvalue weighted by Gasteiger charge is 2.29. The van der Waals surface area contributed by atoms with Crippen molar-refractivity contribution in [1.29, 1.82) is 0 Å². The van der Waals surface area contributed by atoms with Gasteiger partial charge in [0.25, 0.3) is 0 Å². The lowest BCUT2D eigenvalue weighted by Gasteiger charge is -2.32. The Hall–Kier alpha value is -0.643. The van der Waals surface area contributed by atoms with E-state index in [0.29, 0.717) is 0 Å². The molecule has 0 fully saturated rings. The lowest BCUT2D eigenvalue weighted by molar-refractivity contribution is 0.0408. The molecule has 0 aliphatic rings. The molecule has 0 radical (unpaired) electrons. The van der Waals surface area contributed by atoms with Crippen molar-refractivity contribution in [3.05, 3.63) is 29.8 Å². The summed E-state index contributed by atoms with van der Waals surface area (Å²) in [6, 6.07) is 8.36. The Bertz CT molecular complexity index is 372. The van der Waals surface area contributed by atoms with E-state index in [-0.39, 0.29) is 11.2 Å². The fourth-order valence-corrected chi connectivity index (χ4v) is 3.97. The number of aryl methyl sites for hydroxylation is 1. The molecule has 0 aliphatic heterocycles. The van der Waals surface area contributed by atoms with Gasteiger partial charge in [0, 0.05) is 0 Å². The predicted octanol–water partition coefficient (Wildman–Crippen LogP) is 3.05. The number of hydrogen-bond acceptors (Lipinski definition) is 2. The Kier molecular flexibility index (Phi) is 4.76. The zero-order chi connectivity index (χ0) is 14.0. The van der Waals surface area contributed by atoms with E-state index in [1.807, 2.05) is 0 Å². The van der Waals surface area contributed by atoms with E-state index < -0.39 is 9.28 Å². The van der Waals surface area contributed by atoms with Gasteiger partial charge in [-0.15, -0.1) is 0 Å². The molecule has 1 aromatic rings. The largest absolute Gasteiger partial charge is 0.388 e. The normalized spacial score (nSPS) is 13.1. The highest BCUT2D eigenvalue weighted by Crippen LogP contribution is 2.16. The van der Waals surface area contributed by atoms with Gasteiger partial charge in [0.05, 0.1) is 11.2 Å². The maximum atomic E-state index is 6.20. The van der Waals surface area contributed by atoms with E-state index in [1.54, 1.807) is 0 Å². The van der Waals surface area contributed by atoms with E-state index in [4.69, 9.17) is 8.85 Å². The van der Waals surface area contributed by atoms with Crippen LogP contribution in [0.4, 0.5) is 0 Å². The van der Waals surface area contributed by atoms with E-state index in [2.05, 4.69) is 72.7 Å². The molecule has 0 spiro atoms. The van der Waals surface area contributed by atoms with Crippen LogP contribution >= 0.6 is 0 Å². The average Bonchev–Trinajstić information content (AvgIpc) is 2.12. The number of benzene rings is 1. The molecule has 0 saturated heterocycles. The highest BCUT2D eigenvalue weighted by atomic mass is 28.3. The first-order valence-corrected chi connectivity index (χ1v) is 8.02. The Labute approximate surface area is 113 Å². The predicted molar refractivity (Wildman–Crippen MR) is 79.6 cm³/mol. The topological polar surface area (TPSA) is 18.5 Å². The molecule has 0 aliphatic carbocycles. The first kappa shape index (κ1) is 15.4. The second-order valence-electron chi connectivity index (χ2n) is 6.65. The zero-order valence-electron chi connectivity index (χ0n) is 12.7. The molecule has 0 saturated carbocycles. The summed E-state index contributed by atoms with van der Waals surface area (Å²) in [5, 5.41) is 1.24. The van der Waals surface area contributed by atoms with Gasteiger partial charge in [-0.2, -0.15) is 0 Å². The minimum absolute atomic E-state index is 0.176. The molecule has 2 nitrogen and oxygen atoms in total. The second-order valence-corrected chi connectivity index (χ2v) is 8.41. The summed E-state index contributed by atoms with van der Waals surface area (Å²) >= 11 is 0. The first-order valence-electron chi connectivity index (χ1n) is 6.50. The zero-order valence-corrected chi connectivity index (χ0v) is 13.9. The lowest BCUT2D eigenvalue weighted by Crippen LogP contribution is -2.47. The van der Waals surface area contributed by atoms with Crippen molar-refractivity contribution in [3.63, 3.8) is 0 Å². The minimum Gasteiger partial charge on any atom is -0.388 e. The summed E-state index contributed by atoms with van der Waals surface area (Å²) in [7, 11) is -1.88. The molecule has 0 atom stereocenters. The van der Waals surface area contributed by atoms with Crippen LogP contribution in [0.3, 0.4) is 0 Å². The van der Waals surface area contributed by atoms with Crippen molar-refractivity contribution < 1.29 is 8.85 Å². The quantitative estimate of drug-likeness (QED) is 0.783. The fourth-order valence-electron chi connectivity index (χ4n) is 1.64. The van der Waals surface area contributed by atoms with Gasteiger partial charge >= 0.3 is 9.28 Å². The van der Waals surface area contributed by atoms with Crippen LogP contribution in [0.25, 0.3) is 0 Å². The van der Waals surface area contributed by atoms with E-state index in [9.17, 15) is 0 Å². The van der Waals surface area contributed by atoms with Crippen LogP contribution in [0, 0.1) is 6.92 Å². The average molecular weight is 266 g/mol. The van der Waals surface area contributed by atoms with Crippen LogP contribution < -0.4 is 5.19 Å². The van der Waals surface area contributed by atoms with E-state index >= 15 is 0 Å². The fraction of sp³-hybridized carbons (Fsp3) is 0.600. The van der Waals surface area contributed by atoms with Crippen molar-refractivity contribution in [3.8, 4) is 0 Å². The molecule has 102 valence electrons. The molecule has 0 bridgehead atoms. The van der Waals surface area contributed by atoms with Gasteiger partial charge in [-0.3, -0.25) is 0 Å². The lowest BCUT2D eigenvalue weighted by atomic mass is 10.2. The Morgan fingerprint density at radius 2 is 1.28 bits per heavy atom. The Morgan fingerprint density at radius 3 is 1.67 bits per heavy atom. The van der Waals surface area contributed by atoms with Crippen molar-refractivity contribution in [2.75, 3.05) is 0 Å². The smallest absolute Gasteiger partial charge is 0.356 e. The van der Waals surface area contributed by atoms with Crippen LogP contribution in [-0.2, 0) is 8.85 Å². The molecule has 0 amide bonds. The van der Waals surface area contributed by atoms with Crippen LogP contribution in [0.15, 0.2) is 24.3 Å². The summed E-state index contributed by atoms with van der Waals surface area (Å²) < 4.78 is 12.4. The third-order valence-corrected chi connectivity index (χ3v) is 5.36. The molecular formula is C15H26O2Si. The van der Waals surface area contributed by atoms with Gasteiger partial charge in [-0.05, 0) is 59.2 Å². The summed E-state index contributed by atoms with van der Waals surface area (Å²) in [4.78, 5) is 0. The summed E-state index contributed by atoms with van der Waals surface area (Å²) in [5.74, 6) is 0. The van der Waals surface area contributed by atoms with Gasteiger partial charge in [0.15, 0.2) is 0 Å². The third kappa shape index (κ3) is 5.34. The van der Waals surface area contributed by atoms with Crippen molar-refractivity contribution >= 4 is 14.5 Å². The van der Waals surface area contributed by atoms with Gasteiger partial charge in [0.2, 0.25) is 0 Å². The van der Waals surface area contributed by atoms with Crippen molar-refractivity contribution in [2.45, 2.75) is 59.7 Å². The molecule has 0 aromatic heterocycles. The monoisotopic (exact) mass is 266 g/mol. The van der Waals surface area contributed by atoms with Gasteiger partial charge in [-0.25, -0.2) is 0 Å². The summed E-state index contributed by atoms with van der Waals surface area (Å²) in [6.45, 7) is 14.6. The number of hydrogen-bond donors (Lipinski definition) is 0. The standard InChI is InChI=1S/C15H26O2Si/c1-12-10-8-9-11-13(12)18(16-14(2,3)4)17-15(5,6)7/h8-11,18H,1-7H3. The van der Waals surface area contributed by atoms with Gasteiger partial charge in [-0.1, -0.05) is 24.3 Å². The third-order valence-electron chi connectivity index (χ3n) is 2.36. The van der Waals surface area contributed by atoms with Gasteiger partial charge < -0.3 is 8.85 Å². The molecule has 1 aromatic carbocycles. The molecule has 3 heteroatoms. The molecule has 0 heterocycles. The summed E-state index contributed by atoms with van der Waals surface area (Å²) in [5.41, 5.74) is 0.900. The Balaban J connectivity index is 3.01. The van der Waals surface area contributed by atoms with Crippen molar-refractivity contribution in [2.24, 2.45) is 0 Å². The molecule has 0 N–H and O–H groups in total. The van der Waals surface area contributed by atoms with Crippen LogP contribution in [-0.4, -0.2) is 20.5 Å². The maximum Gasteiger partial charge on any atom is 0.356 e. The summed E-state index contributed by atoms with van der Waals surface area (Å²) in [6.07, 6.45) is 0.